The van der Waals surface area contributed by atoms with Gasteiger partial charge < -0.3 is 4.74 Å². The third-order valence-electron chi connectivity index (χ3n) is 0.720. The van der Waals surface area contributed by atoms with E-state index in [0.29, 0.717) is 0 Å². The lowest BCUT2D eigenvalue weighted by Crippen LogP contribution is -2.16. The van der Waals surface area contributed by atoms with Crippen LogP contribution >= 0.6 is 0 Å². The molecule has 0 aliphatic carbocycles. The van der Waals surface area contributed by atoms with Gasteiger partial charge in [0.05, 0.1) is 6.61 Å². The van der Waals surface area contributed by atoms with Crippen molar-refractivity contribution in [2.75, 3.05) is 6.61 Å². The highest BCUT2D eigenvalue weighted by atomic mass is 16.5. The van der Waals surface area contributed by atoms with Gasteiger partial charge in [-0.1, -0.05) is 0 Å². The molecule has 5 heteroatoms. The largest absolute Gasteiger partial charge is 0.459 e. The Morgan fingerprint density at radius 1 is 1.90 bits per heavy atom. The summed E-state index contributed by atoms with van der Waals surface area (Å²) in [4.78, 5) is 22.8. The molecule has 0 spiro atoms. The van der Waals surface area contributed by atoms with E-state index in [0.717, 1.165) is 0 Å². The summed E-state index contributed by atoms with van der Waals surface area (Å²) >= 11 is 0. The van der Waals surface area contributed by atoms with E-state index in [-0.39, 0.29) is 6.61 Å². The molecule has 0 fully saturated rings. The summed E-state index contributed by atoms with van der Waals surface area (Å²) in [5.41, 5.74) is 0. The van der Waals surface area contributed by atoms with Gasteiger partial charge in [-0.2, -0.15) is 0 Å². The average Bonchev–Trinajstić information content (AvgIpc) is 1.91. The maximum Gasteiger partial charge on any atom is 0.445 e. The fourth-order valence-corrected chi connectivity index (χ4v) is 0.336. The monoisotopic (exact) mass is 142 g/mol. The normalized spacial score (nSPS) is 11.2. The Bertz CT molecular complexity index is 172. The number of hydrogen-bond donors (Lipinski definition) is 0. The van der Waals surface area contributed by atoms with Gasteiger partial charge in [-0.05, 0) is 6.92 Å². The van der Waals surface area contributed by atoms with Gasteiger partial charge in [-0.25, -0.2) is 11.4 Å². The molecule has 0 amide bonds. The van der Waals surface area contributed by atoms with Gasteiger partial charge in [0, 0.05) is 5.18 Å². The second-order valence-electron chi connectivity index (χ2n) is 1.36. The lowest BCUT2D eigenvalue weighted by molar-refractivity contribution is -0.143. The number of nitroso groups, excluding NO2 is 1. The van der Waals surface area contributed by atoms with Gasteiger partial charge in [0.25, 0.3) is 0 Å². The molecule has 0 aliphatic heterocycles. The Labute approximate surface area is 57.8 Å². The second kappa shape index (κ2) is 4.44. The van der Waals surface area contributed by atoms with Crippen molar-refractivity contribution in [1.82, 2.24) is 0 Å². The van der Waals surface area contributed by atoms with Crippen molar-refractivity contribution in [2.24, 2.45) is 5.18 Å². The van der Waals surface area contributed by atoms with Gasteiger partial charge in [-0.15, -0.1) is 4.91 Å². The molecule has 10 heavy (non-hydrogen) atoms. The van der Waals surface area contributed by atoms with Gasteiger partial charge in [0.2, 0.25) is 0 Å². The lowest BCUT2D eigenvalue weighted by Gasteiger charge is -1.95. The minimum atomic E-state index is -1.53. The molecule has 0 radical (unpaired) electrons. The third kappa shape index (κ3) is 2.22. The first-order valence-corrected chi connectivity index (χ1v) is 2.62. The van der Waals surface area contributed by atoms with Gasteiger partial charge in [-0.3, -0.25) is 4.85 Å². The summed E-state index contributed by atoms with van der Waals surface area (Å²) in [5, 5.41) is 2.25. The van der Waals surface area contributed by atoms with E-state index < -0.39 is 12.1 Å². The van der Waals surface area contributed by atoms with E-state index in [1.54, 1.807) is 6.92 Å². The zero-order chi connectivity index (χ0) is 7.98. The van der Waals surface area contributed by atoms with Crippen LogP contribution in [0.25, 0.3) is 4.85 Å². The molecule has 0 aromatic rings. The summed E-state index contributed by atoms with van der Waals surface area (Å²) < 4.78 is 4.34. The second-order valence-corrected chi connectivity index (χ2v) is 1.36. The van der Waals surface area contributed by atoms with E-state index in [1.807, 2.05) is 0 Å². The van der Waals surface area contributed by atoms with Crippen LogP contribution in [0.15, 0.2) is 5.18 Å². The Balaban J connectivity index is 3.92. The summed E-state index contributed by atoms with van der Waals surface area (Å²) in [6.45, 7) is 8.04. The Morgan fingerprint density at radius 2 is 2.50 bits per heavy atom. The van der Waals surface area contributed by atoms with Crippen LogP contribution in [0.2, 0.25) is 0 Å². The molecule has 0 aliphatic rings. The quantitative estimate of drug-likeness (QED) is 0.328. The molecule has 1 unspecified atom stereocenters. The Kier molecular flexibility index (Phi) is 3.80. The molecular weight excluding hydrogens is 136 g/mol. The topological polar surface area (TPSA) is 60.1 Å². The van der Waals surface area contributed by atoms with Crippen LogP contribution in [0.1, 0.15) is 6.92 Å². The maximum absolute atomic E-state index is 10.5. The van der Waals surface area contributed by atoms with Gasteiger partial charge in [0.15, 0.2) is 0 Å². The fourth-order valence-electron chi connectivity index (χ4n) is 0.336. The molecule has 0 bridgehead atoms. The van der Waals surface area contributed by atoms with E-state index in [2.05, 4.69) is 14.8 Å². The molecule has 1 atom stereocenters. The van der Waals surface area contributed by atoms with Crippen molar-refractivity contribution in [3.63, 3.8) is 0 Å². The van der Waals surface area contributed by atoms with Crippen molar-refractivity contribution in [3.8, 4) is 0 Å². The minimum Gasteiger partial charge on any atom is -0.459 e. The molecule has 5 nitrogen and oxygen atoms in total. The number of carbonyl (C=O) groups is 1. The lowest BCUT2D eigenvalue weighted by atomic mass is 10.5. The highest BCUT2D eigenvalue weighted by Crippen LogP contribution is 1.95. The number of esters is 1. The van der Waals surface area contributed by atoms with Crippen LogP contribution in [-0.4, -0.2) is 18.7 Å². The highest BCUT2D eigenvalue weighted by molar-refractivity contribution is 5.77. The molecule has 0 aromatic heterocycles. The Morgan fingerprint density at radius 3 is 2.80 bits per heavy atom. The molecule has 0 aromatic carbocycles. The predicted octanol–water partition coefficient (Wildman–Crippen LogP) is 0.561. The van der Waals surface area contributed by atoms with E-state index in [4.69, 9.17) is 6.57 Å². The van der Waals surface area contributed by atoms with Crippen LogP contribution in [0, 0.1) is 11.5 Å². The van der Waals surface area contributed by atoms with Crippen molar-refractivity contribution in [2.45, 2.75) is 13.1 Å². The van der Waals surface area contributed by atoms with Crippen molar-refractivity contribution < 1.29 is 9.53 Å². The number of nitrogens with zero attached hydrogens (tertiary/aromatic N) is 2. The standard InChI is InChI=1S/C5H6N2O3/c1-3-10-5(8)4(6-2)7-9/h4H,3H2,1H3. The average molecular weight is 142 g/mol. The van der Waals surface area contributed by atoms with Crippen molar-refractivity contribution in [3.05, 3.63) is 16.3 Å². The van der Waals surface area contributed by atoms with E-state index in [9.17, 15) is 9.70 Å². The summed E-state index contributed by atoms with van der Waals surface area (Å²) in [7, 11) is 0. The molecule has 0 rings (SSSR count). The van der Waals surface area contributed by atoms with Gasteiger partial charge >= 0.3 is 12.1 Å². The molecular formula is C5H6N2O3. The van der Waals surface area contributed by atoms with Crippen LogP contribution in [-0.2, 0) is 9.53 Å². The first-order chi connectivity index (χ1) is 4.76. The van der Waals surface area contributed by atoms with Crippen LogP contribution in [0.5, 0.6) is 0 Å². The molecule has 0 heterocycles. The van der Waals surface area contributed by atoms with Crippen molar-refractivity contribution >= 4 is 5.97 Å². The predicted molar refractivity (Wildman–Crippen MR) is 32.8 cm³/mol. The summed E-state index contributed by atoms with van der Waals surface area (Å²) in [5.74, 6) is -0.882. The number of carbonyl (C=O) groups excluding carboxylic acids is 1. The van der Waals surface area contributed by atoms with Crippen LogP contribution < -0.4 is 0 Å². The van der Waals surface area contributed by atoms with Gasteiger partial charge in [0.1, 0.15) is 0 Å². The molecule has 54 valence electrons. The summed E-state index contributed by atoms with van der Waals surface area (Å²) in [6.07, 6.45) is -1.53. The fraction of sp³-hybridized carbons (Fsp3) is 0.600. The minimum absolute atomic E-state index is 0.153. The highest BCUT2D eigenvalue weighted by Gasteiger charge is 2.24. The van der Waals surface area contributed by atoms with Crippen molar-refractivity contribution in [1.29, 1.82) is 0 Å². The maximum atomic E-state index is 10.5. The Hall–Kier alpha value is -1.44. The van der Waals surface area contributed by atoms with E-state index >= 15 is 0 Å². The van der Waals surface area contributed by atoms with Crippen LogP contribution in [0.4, 0.5) is 0 Å². The van der Waals surface area contributed by atoms with Crippen LogP contribution in [0.3, 0.4) is 0 Å². The molecule has 0 saturated heterocycles. The first-order valence-electron chi connectivity index (χ1n) is 2.62. The molecule has 0 saturated carbocycles. The zero-order valence-corrected chi connectivity index (χ0v) is 5.40. The number of rotatable bonds is 3. The first kappa shape index (κ1) is 8.56. The summed E-state index contributed by atoms with van der Waals surface area (Å²) in [6, 6.07) is 0. The molecule has 0 N–H and O–H groups in total. The smallest absolute Gasteiger partial charge is 0.445 e. The third-order valence-corrected chi connectivity index (χ3v) is 0.720. The SMILES string of the molecule is [C-]#[N+]C(N=O)C(=O)OCC. The zero-order valence-electron chi connectivity index (χ0n) is 5.40. The number of hydrogen-bond acceptors (Lipinski definition) is 4. The van der Waals surface area contributed by atoms with E-state index in [1.165, 1.54) is 0 Å². The number of ether oxygens (including phenoxy) is 1.